The number of hydrogen-bond donors (Lipinski definition) is 11. The van der Waals surface area contributed by atoms with E-state index in [4.69, 9.17) is 24.7 Å². The van der Waals surface area contributed by atoms with Crippen LogP contribution in [0, 0.1) is 0 Å². The van der Waals surface area contributed by atoms with Crippen LogP contribution in [0.5, 0.6) is 0 Å². The molecule has 1 aliphatic heterocycles. The third-order valence-corrected chi connectivity index (χ3v) is 6.32. The van der Waals surface area contributed by atoms with Crippen LogP contribution in [0.25, 0.3) is 0 Å². The van der Waals surface area contributed by atoms with Crippen molar-refractivity contribution in [3.8, 4) is 0 Å². The molecule has 0 spiro atoms. The fourth-order valence-corrected chi connectivity index (χ4v) is 4.34. The van der Waals surface area contributed by atoms with Gasteiger partial charge >= 0.3 is 15.6 Å². The summed E-state index contributed by atoms with van der Waals surface area (Å²) in [4.78, 5) is 39.5. The number of carbonyl (C=O) groups excluding carboxylic acids is 1. The quantitative estimate of drug-likeness (QED) is 0.117. The first-order valence-electron chi connectivity index (χ1n) is 8.33. The zero-order valence-corrected chi connectivity index (χ0v) is 17.2. The lowest BCUT2D eigenvalue weighted by atomic mass is 9.89. The zero-order chi connectivity index (χ0) is 24.3. The average Bonchev–Trinajstić information content (AvgIpc) is 2.66. The minimum atomic E-state index is -5.87. The maximum Gasteiger partial charge on any atom is 0.481 e. The van der Waals surface area contributed by atoms with E-state index in [-0.39, 0.29) is 0 Å². The van der Waals surface area contributed by atoms with Crippen molar-refractivity contribution >= 4 is 21.4 Å². The smallest absolute Gasteiger partial charge is 0.394 e. The van der Waals surface area contributed by atoms with Gasteiger partial charge in [-0.2, -0.15) is 4.31 Å². The van der Waals surface area contributed by atoms with Crippen molar-refractivity contribution in [2.45, 2.75) is 54.9 Å². The van der Waals surface area contributed by atoms with E-state index in [2.05, 4.69) is 8.83 Å². The Hall–Kier alpha value is -0.430. The van der Waals surface area contributed by atoms with Crippen LogP contribution in [0.1, 0.15) is 0 Å². The van der Waals surface area contributed by atoms with Crippen molar-refractivity contribution in [2.75, 3.05) is 13.2 Å². The summed E-state index contributed by atoms with van der Waals surface area (Å²) in [5.41, 5.74) is 0. The molecule has 11 N–H and O–H groups in total. The highest BCUT2D eigenvalue weighted by Gasteiger charge is 2.52. The maximum absolute atomic E-state index is 12.7. The Morgan fingerprint density at radius 1 is 0.935 bits per heavy atom. The number of aliphatic hydroxyl groups is 8. The second kappa shape index (κ2) is 11.1. The molecule has 0 aromatic carbocycles. The van der Waals surface area contributed by atoms with Gasteiger partial charge in [0, 0.05) is 0 Å². The van der Waals surface area contributed by atoms with Gasteiger partial charge in [-0.05, 0) is 0 Å². The number of Topliss-reactive ketones (excluding diaryl/α,β-unsaturated/α-hetero) is 1. The molecule has 0 aromatic heterocycles. The lowest BCUT2D eigenvalue weighted by Crippen LogP contribution is -2.63. The van der Waals surface area contributed by atoms with Crippen LogP contribution in [0.4, 0.5) is 0 Å². The molecule has 184 valence electrons. The molecule has 10 atom stereocenters. The minimum absolute atomic E-state index is 0.992. The van der Waals surface area contributed by atoms with E-state index in [0.29, 0.717) is 0 Å². The average molecular weight is 502 g/mol. The first-order valence-corrected chi connectivity index (χ1v) is 11.4. The van der Waals surface area contributed by atoms with Crippen LogP contribution in [-0.2, 0) is 27.5 Å². The standard InChI is InChI=1S/C12H24O17P2/c13-1-3(15)5(16)8(19)12(28-31(25,26)29-30(22,23)24)10(21)11-9(20)7(18)6(17)4(2-14)27-11/h3-9,11-20H,1-2H2,(H,25,26)(H2,22,23,24)/t3-,4-,5-,6-,7+,8+,9-,11?,12-/m1/s1. The molecule has 1 rings (SSSR count). The summed E-state index contributed by atoms with van der Waals surface area (Å²) < 4.78 is 35.3. The number of rotatable bonds is 11. The van der Waals surface area contributed by atoms with E-state index in [0.717, 1.165) is 0 Å². The molecule has 0 saturated carbocycles. The molecule has 17 nitrogen and oxygen atoms in total. The Morgan fingerprint density at radius 3 is 1.94 bits per heavy atom. The third kappa shape index (κ3) is 7.55. The highest BCUT2D eigenvalue weighted by atomic mass is 31.3. The van der Waals surface area contributed by atoms with Gasteiger partial charge in [-0.15, -0.1) is 0 Å². The van der Waals surface area contributed by atoms with Crippen LogP contribution in [0.3, 0.4) is 0 Å². The molecule has 0 aromatic rings. The van der Waals surface area contributed by atoms with Crippen LogP contribution in [-0.4, -0.2) is 129 Å². The Labute approximate surface area is 173 Å². The topological polar surface area (TPSA) is 301 Å². The van der Waals surface area contributed by atoms with Gasteiger partial charge in [0.25, 0.3) is 0 Å². The van der Waals surface area contributed by atoms with Crippen LogP contribution in [0.2, 0.25) is 0 Å². The van der Waals surface area contributed by atoms with Gasteiger partial charge in [0.1, 0.15) is 48.8 Å². The predicted molar refractivity (Wildman–Crippen MR) is 91.7 cm³/mol. The van der Waals surface area contributed by atoms with Gasteiger partial charge in [-0.25, -0.2) is 9.13 Å². The van der Waals surface area contributed by atoms with Gasteiger partial charge in [-0.3, -0.25) is 9.32 Å². The second-order valence-electron chi connectivity index (χ2n) is 6.45. The van der Waals surface area contributed by atoms with Crippen LogP contribution < -0.4 is 0 Å². The Balaban J connectivity index is 3.30. The molecule has 1 aliphatic rings. The Morgan fingerprint density at radius 2 is 1.48 bits per heavy atom. The number of ether oxygens (including phenoxy) is 1. The molecule has 0 bridgehead atoms. The predicted octanol–water partition coefficient (Wildman–Crippen LogP) is -5.93. The maximum atomic E-state index is 12.7. The molecule has 19 heteroatoms. The van der Waals surface area contributed by atoms with Crippen molar-refractivity contribution in [3.63, 3.8) is 0 Å². The number of phosphoric acid groups is 2. The molecule has 31 heavy (non-hydrogen) atoms. The Bertz CT molecular complexity index is 695. The number of aliphatic hydroxyl groups excluding tert-OH is 8. The number of phosphoric ester groups is 1. The largest absolute Gasteiger partial charge is 0.481 e. The molecular formula is C12H24O17P2. The van der Waals surface area contributed by atoms with E-state index < -0.39 is 89.6 Å². The van der Waals surface area contributed by atoms with Crippen molar-refractivity contribution in [1.82, 2.24) is 0 Å². The molecule has 0 radical (unpaired) electrons. The number of ketones is 1. The van der Waals surface area contributed by atoms with Crippen molar-refractivity contribution in [3.05, 3.63) is 0 Å². The van der Waals surface area contributed by atoms with E-state index in [1.54, 1.807) is 0 Å². The highest BCUT2D eigenvalue weighted by Crippen LogP contribution is 2.58. The highest BCUT2D eigenvalue weighted by molar-refractivity contribution is 7.60. The lowest BCUT2D eigenvalue weighted by molar-refractivity contribution is -0.230. The van der Waals surface area contributed by atoms with E-state index in [1.807, 2.05) is 0 Å². The van der Waals surface area contributed by atoms with Gasteiger partial charge in [-0.1, -0.05) is 0 Å². The zero-order valence-electron chi connectivity index (χ0n) is 15.4. The SMILES string of the molecule is O=C(C1O[C@H](CO)[C@@H](O)[C@H](O)[C@H]1O)[C@H](OP(=O)(O)OP(=O)(O)O)[C@@H](O)[C@H](O)[C@H](O)CO. The van der Waals surface area contributed by atoms with Crippen molar-refractivity contribution < 1.29 is 83.0 Å². The number of carbonyl (C=O) groups is 1. The normalized spacial score (nSPS) is 33.2. The second-order valence-corrected chi connectivity index (χ2v) is 9.23. The van der Waals surface area contributed by atoms with Crippen molar-refractivity contribution in [2.24, 2.45) is 0 Å². The minimum Gasteiger partial charge on any atom is -0.394 e. The molecule has 0 amide bonds. The molecule has 0 aliphatic carbocycles. The van der Waals surface area contributed by atoms with Gasteiger partial charge in [0.15, 0.2) is 11.9 Å². The summed E-state index contributed by atoms with van der Waals surface area (Å²) in [6.07, 6.45) is -20.4. The summed E-state index contributed by atoms with van der Waals surface area (Å²) in [6, 6.07) is 0. The van der Waals surface area contributed by atoms with Crippen molar-refractivity contribution in [1.29, 1.82) is 0 Å². The van der Waals surface area contributed by atoms with Gasteiger partial charge in [0.05, 0.1) is 13.2 Å². The summed E-state index contributed by atoms with van der Waals surface area (Å²) in [6.45, 7) is -2.18. The number of hydrogen-bond acceptors (Lipinski definition) is 14. The summed E-state index contributed by atoms with van der Waals surface area (Å²) in [7, 11) is -11.6. The Kier molecular flexibility index (Phi) is 10.3. The van der Waals surface area contributed by atoms with Crippen LogP contribution >= 0.6 is 15.6 Å². The first kappa shape index (κ1) is 28.6. The third-order valence-electron chi connectivity index (χ3n) is 4.15. The van der Waals surface area contributed by atoms with E-state index >= 15 is 0 Å². The van der Waals surface area contributed by atoms with Crippen LogP contribution in [0.15, 0.2) is 0 Å². The van der Waals surface area contributed by atoms with Gasteiger partial charge < -0.3 is 60.3 Å². The first-order chi connectivity index (χ1) is 14.1. The lowest BCUT2D eigenvalue weighted by Gasteiger charge is -2.41. The molecule has 2 unspecified atom stereocenters. The summed E-state index contributed by atoms with van der Waals surface area (Å²) >= 11 is 0. The van der Waals surface area contributed by atoms with Gasteiger partial charge in [0.2, 0.25) is 0 Å². The monoisotopic (exact) mass is 502 g/mol. The molecule has 1 saturated heterocycles. The van der Waals surface area contributed by atoms with E-state index in [1.165, 1.54) is 0 Å². The molecule has 1 fully saturated rings. The fraction of sp³-hybridized carbons (Fsp3) is 0.917. The summed E-state index contributed by atoms with van der Waals surface area (Å²) in [5, 5.41) is 76.8. The molecule has 1 heterocycles. The van der Waals surface area contributed by atoms with E-state index in [9.17, 15) is 49.5 Å². The molecular weight excluding hydrogens is 478 g/mol. The fourth-order valence-electron chi connectivity index (χ4n) is 2.59. The summed E-state index contributed by atoms with van der Waals surface area (Å²) in [5.74, 6) is -1.74.